The van der Waals surface area contributed by atoms with Crippen molar-refractivity contribution < 1.29 is 0 Å². The Balaban J connectivity index is 0.00000225. The van der Waals surface area contributed by atoms with Crippen molar-refractivity contribution in [3.05, 3.63) is 60.2 Å². The van der Waals surface area contributed by atoms with Crippen LogP contribution in [0.5, 0.6) is 0 Å². The maximum Gasteiger partial charge on any atom is 0.193 e. The van der Waals surface area contributed by atoms with Crippen molar-refractivity contribution >= 4 is 41.3 Å². The van der Waals surface area contributed by atoms with Crippen LogP contribution in [0.2, 0.25) is 0 Å². The molecule has 3 rings (SSSR count). The number of likely N-dealkylation sites (N-methyl/N-ethyl adjacent to an activating group) is 1. The number of aliphatic imine (C=N–C) groups is 1. The average Bonchev–Trinajstić information content (AvgIpc) is 2.62. The van der Waals surface area contributed by atoms with Crippen LogP contribution in [0.3, 0.4) is 0 Å². The van der Waals surface area contributed by atoms with E-state index >= 15 is 0 Å². The van der Waals surface area contributed by atoms with Crippen molar-refractivity contribution in [2.75, 3.05) is 43.4 Å². The van der Waals surface area contributed by atoms with Crippen LogP contribution in [0.1, 0.15) is 5.56 Å². The zero-order chi connectivity index (χ0) is 16.8. The highest BCUT2D eigenvalue weighted by molar-refractivity contribution is 14.0. The molecule has 0 amide bonds. The van der Waals surface area contributed by atoms with Crippen molar-refractivity contribution in [1.82, 2.24) is 4.90 Å². The van der Waals surface area contributed by atoms with Crippen LogP contribution in [-0.2, 0) is 6.54 Å². The number of rotatable bonds is 4. The van der Waals surface area contributed by atoms with E-state index in [-0.39, 0.29) is 24.0 Å². The fourth-order valence-electron chi connectivity index (χ4n) is 2.88. The summed E-state index contributed by atoms with van der Waals surface area (Å²) in [5.41, 5.74) is 9.44. The molecular formula is C19H26IN5. The summed E-state index contributed by atoms with van der Waals surface area (Å²) in [6, 6.07) is 18.3. The van der Waals surface area contributed by atoms with Crippen LogP contribution in [0.15, 0.2) is 59.6 Å². The SMILES string of the molecule is CN1CCN(c2ccccc2CN=C(N)Nc2ccccc2)CC1.I. The van der Waals surface area contributed by atoms with Crippen LogP contribution in [0.4, 0.5) is 11.4 Å². The number of piperazine rings is 1. The fraction of sp³-hybridized carbons (Fsp3) is 0.316. The van der Waals surface area contributed by atoms with Gasteiger partial charge in [-0.2, -0.15) is 0 Å². The number of anilines is 2. The minimum Gasteiger partial charge on any atom is -0.370 e. The quantitative estimate of drug-likeness (QED) is 0.427. The van der Waals surface area contributed by atoms with Crippen molar-refractivity contribution in [3.8, 4) is 0 Å². The van der Waals surface area contributed by atoms with E-state index in [1.54, 1.807) is 0 Å². The number of para-hydroxylation sites is 2. The minimum atomic E-state index is 0. The molecule has 1 saturated heterocycles. The Kier molecular flexibility index (Phi) is 7.52. The molecule has 0 aromatic heterocycles. The van der Waals surface area contributed by atoms with Crippen LogP contribution in [0, 0.1) is 0 Å². The highest BCUT2D eigenvalue weighted by Crippen LogP contribution is 2.22. The molecule has 3 N–H and O–H groups in total. The topological polar surface area (TPSA) is 56.9 Å². The van der Waals surface area contributed by atoms with Gasteiger partial charge in [0.05, 0.1) is 6.54 Å². The molecule has 134 valence electrons. The molecule has 0 radical (unpaired) electrons. The van der Waals surface area contributed by atoms with Crippen LogP contribution < -0.4 is 16.0 Å². The molecule has 1 fully saturated rings. The van der Waals surface area contributed by atoms with Crippen molar-refractivity contribution in [1.29, 1.82) is 0 Å². The van der Waals surface area contributed by atoms with E-state index in [9.17, 15) is 0 Å². The molecule has 0 spiro atoms. The van der Waals surface area contributed by atoms with E-state index in [4.69, 9.17) is 5.73 Å². The molecule has 1 aliphatic heterocycles. The summed E-state index contributed by atoms with van der Waals surface area (Å²) in [7, 11) is 2.17. The molecular weight excluding hydrogens is 425 g/mol. The average molecular weight is 451 g/mol. The van der Waals surface area contributed by atoms with Gasteiger partial charge in [-0.15, -0.1) is 24.0 Å². The monoisotopic (exact) mass is 451 g/mol. The molecule has 1 aliphatic rings. The Hall–Kier alpha value is -1.80. The second kappa shape index (κ2) is 9.62. The molecule has 0 bridgehead atoms. The first kappa shape index (κ1) is 19.5. The molecule has 0 saturated carbocycles. The molecule has 0 atom stereocenters. The largest absolute Gasteiger partial charge is 0.370 e. The van der Waals surface area contributed by atoms with Crippen molar-refractivity contribution in [2.24, 2.45) is 10.7 Å². The normalized spacial score (nSPS) is 15.6. The standard InChI is InChI=1S/C19H25N5.HI/c1-23-11-13-24(14-12-23)18-10-6-5-7-16(18)15-21-19(20)22-17-8-3-2-4-9-17;/h2-10H,11-15H2,1H3,(H3,20,21,22);1H. The Morgan fingerprint density at radius 3 is 2.36 bits per heavy atom. The number of hydrogen-bond acceptors (Lipinski definition) is 3. The lowest BCUT2D eigenvalue weighted by atomic mass is 10.1. The summed E-state index contributed by atoms with van der Waals surface area (Å²) in [5, 5.41) is 3.12. The molecule has 6 heteroatoms. The van der Waals surface area contributed by atoms with Gasteiger partial charge >= 0.3 is 0 Å². The third kappa shape index (κ3) is 5.61. The van der Waals surface area contributed by atoms with Gasteiger partial charge in [0.25, 0.3) is 0 Å². The first-order chi connectivity index (χ1) is 11.7. The van der Waals surface area contributed by atoms with Gasteiger partial charge in [-0.1, -0.05) is 36.4 Å². The lowest BCUT2D eigenvalue weighted by Gasteiger charge is -2.35. The molecule has 2 aromatic carbocycles. The number of nitrogens with one attached hydrogen (secondary N) is 1. The number of nitrogens with two attached hydrogens (primary N) is 1. The zero-order valence-electron chi connectivity index (χ0n) is 14.6. The number of halogens is 1. The maximum absolute atomic E-state index is 6.02. The Morgan fingerprint density at radius 2 is 1.64 bits per heavy atom. The summed E-state index contributed by atoms with van der Waals surface area (Å²) in [6.45, 7) is 4.86. The smallest absolute Gasteiger partial charge is 0.193 e. The van der Waals surface area contributed by atoms with Crippen molar-refractivity contribution in [2.45, 2.75) is 6.54 Å². The van der Waals surface area contributed by atoms with Crippen LogP contribution in [-0.4, -0.2) is 44.1 Å². The number of benzene rings is 2. The Morgan fingerprint density at radius 1 is 1.00 bits per heavy atom. The highest BCUT2D eigenvalue weighted by atomic mass is 127. The van der Waals surface area contributed by atoms with E-state index in [0.717, 1.165) is 31.9 Å². The van der Waals surface area contributed by atoms with Gasteiger partial charge in [0.1, 0.15) is 0 Å². The zero-order valence-corrected chi connectivity index (χ0v) is 16.9. The number of guanidine groups is 1. The first-order valence-corrected chi connectivity index (χ1v) is 8.36. The van der Waals surface area contributed by atoms with E-state index in [1.807, 2.05) is 30.3 Å². The second-order valence-electron chi connectivity index (χ2n) is 6.11. The Labute approximate surface area is 166 Å². The Bertz CT molecular complexity index is 681. The van der Waals surface area contributed by atoms with Gasteiger partial charge in [0.2, 0.25) is 0 Å². The maximum atomic E-state index is 6.02. The summed E-state index contributed by atoms with van der Waals surface area (Å²) in [6.07, 6.45) is 0. The van der Waals surface area contributed by atoms with Crippen molar-refractivity contribution in [3.63, 3.8) is 0 Å². The van der Waals surface area contributed by atoms with E-state index in [0.29, 0.717) is 12.5 Å². The lowest BCUT2D eigenvalue weighted by molar-refractivity contribution is 0.312. The van der Waals surface area contributed by atoms with Crippen LogP contribution in [0.25, 0.3) is 0 Å². The fourth-order valence-corrected chi connectivity index (χ4v) is 2.88. The van der Waals surface area contributed by atoms with Gasteiger partial charge in [-0.25, -0.2) is 4.99 Å². The third-order valence-electron chi connectivity index (χ3n) is 4.30. The van der Waals surface area contributed by atoms with Gasteiger partial charge in [-0.05, 0) is 30.8 Å². The molecule has 25 heavy (non-hydrogen) atoms. The summed E-state index contributed by atoms with van der Waals surface area (Å²) in [4.78, 5) is 9.30. The number of nitrogens with zero attached hydrogens (tertiary/aromatic N) is 3. The van der Waals surface area contributed by atoms with Gasteiger partial charge < -0.3 is 20.9 Å². The predicted octanol–water partition coefficient (Wildman–Crippen LogP) is 2.98. The van der Waals surface area contributed by atoms with Gasteiger partial charge in [0.15, 0.2) is 5.96 Å². The third-order valence-corrected chi connectivity index (χ3v) is 4.30. The van der Waals surface area contributed by atoms with Gasteiger partial charge in [-0.3, -0.25) is 0 Å². The van der Waals surface area contributed by atoms with Crippen LogP contribution >= 0.6 is 24.0 Å². The molecule has 2 aromatic rings. The molecule has 0 unspecified atom stereocenters. The summed E-state index contributed by atoms with van der Waals surface area (Å²) in [5.74, 6) is 0.439. The van der Waals surface area contributed by atoms with E-state index in [1.165, 1.54) is 11.3 Å². The molecule has 0 aliphatic carbocycles. The predicted molar refractivity (Wildman–Crippen MR) is 117 cm³/mol. The summed E-state index contributed by atoms with van der Waals surface area (Å²) >= 11 is 0. The number of hydrogen-bond donors (Lipinski definition) is 2. The minimum absolute atomic E-state index is 0. The van der Waals surface area contributed by atoms with Gasteiger partial charge in [0, 0.05) is 37.6 Å². The summed E-state index contributed by atoms with van der Waals surface area (Å²) < 4.78 is 0. The molecule has 5 nitrogen and oxygen atoms in total. The second-order valence-corrected chi connectivity index (χ2v) is 6.11. The highest BCUT2D eigenvalue weighted by Gasteiger charge is 2.16. The lowest BCUT2D eigenvalue weighted by Crippen LogP contribution is -2.44. The first-order valence-electron chi connectivity index (χ1n) is 8.36. The van der Waals surface area contributed by atoms with E-state index in [2.05, 4.69) is 51.4 Å². The van der Waals surface area contributed by atoms with E-state index < -0.39 is 0 Å². The molecule has 1 heterocycles.